The van der Waals surface area contributed by atoms with Gasteiger partial charge in [0.2, 0.25) is 0 Å². The summed E-state index contributed by atoms with van der Waals surface area (Å²) < 4.78 is 0. The third-order valence-electron chi connectivity index (χ3n) is 3.71. The van der Waals surface area contributed by atoms with Gasteiger partial charge in [0.25, 0.3) is 0 Å². The van der Waals surface area contributed by atoms with Crippen molar-refractivity contribution >= 4 is 17.3 Å². The summed E-state index contributed by atoms with van der Waals surface area (Å²) in [7, 11) is 0. The summed E-state index contributed by atoms with van der Waals surface area (Å²) in [6.07, 6.45) is 0. The van der Waals surface area contributed by atoms with E-state index < -0.39 is 5.97 Å². The number of hydrogen-bond donors (Lipinski definition) is 1. The first-order chi connectivity index (χ1) is 9.51. The summed E-state index contributed by atoms with van der Waals surface area (Å²) in [5.41, 5.74) is 0.727. The average Bonchev–Trinajstić information content (AvgIpc) is 2.84. The predicted octanol–water partition coefficient (Wildman–Crippen LogP) is 2.10. The van der Waals surface area contributed by atoms with Gasteiger partial charge in [-0.15, -0.1) is 11.3 Å². The fourth-order valence-electron chi connectivity index (χ4n) is 2.45. The minimum absolute atomic E-state index is 0.156. The van der Waals surface area contributed by atoms with Crippen LogP contribution < -0.4 is 0 Å². The van der Waals surface area contributed by atoms with Crippen LogP contribution in [0, 0.1) is 0 Å². The molecule has 0 radical (unpaired) electrons. The lowest BCUT2D eigenvalue weighted by Gasteiger charge is -2.33. The van der Waals surface area contributed by atoms with E-state index in [2.05, 4.69) is 21.7 Å². The number of piperazine rings is 1. The first-order valence-corrected chi connectivity index (χ1v) is 8.00. The lowest BCUT2D eigenvalue weighted by Crippen LogP contribution is -2.45. The second kappa shape index (κ2) is 6.65. The molecule has 1 fully saturated rings. The number of thiazole rings is 1. The molecule has 0 atom stereocenters. The maximum Gasteiger partial charge on any atom is 0.347 e. The number of aromatic nitrogens is 1. The average molecular weight is 297 g/mol. The van der Waals surface area contributed by atoms with Gasteiger partial charge in [0.1, 0.15) is 9.88 Å². The van der Waals surface area contributed by atoms with Gasteiger partial charge >= 0.3 is 5.97 Å². The van der Waals surface area contributed by atoms with Crippen LogP contribution in [-0.2, 0) is 6.54 Å². The van der Waals surface area contributed by atoms with Crippen molar-refractivity contribution in [2.24, 2.45) is 0 Å². The molecule has 20 heavy (non-hydrogen) atoms. The summed E-state index contributed by atoms with van der Waals surface area (Å²) in [6.45, 7) is 12.3. The van der Waals surface area contributed by atoms with Crippen molar-refractivity contribution in [2.75, 3.05) is 32.7 Å². The van der Waals surface area contributed by atoms with Crippen LogP contribution in [0.2, 0.25) is 0 Å². The molecule has 0 aliphatic carbocycles. The Balaban J connectivity index is 2.03. The van der Waals surface area contributed by atoms with E-state index in [-0.39, 0.29) is 5.92 Å². The Kier molecular flexibility index (Phi) is 5.12. The highest BCUT2D eigenvalue weighted by Gasteiger charge is 2.22. The standard InChI is InChI=1S/C14H23N3O2S/c1-4-16-5-7-17(8-6-16)9-11-15-12(10(2)3)13(20-11)14(18)19/h10H,4-9H2,1-3H3,(H,18,19). The van der Waals surface area contributed by atoms with Crippen molar-refractivity contribution < 1.29 is 9.90 Å². The van der Waals surface area contributed by atoms with E-state index in [0.29, 0.717) is 4.88 Å². The molecule has 6 heteroatoms. The number of aromatic carboxylic acids is 1. The smallest absolute Gasteiger partial charge is 0.347 e. The van der Waals surface area contributed by atoms with Crippen molar-refractivity contribution in [3.8, 4) is 0 Å². The van der Waals surface area contributed by atoms with E-state index in [1.807, 2.05) is 13.8 Å². The van der Waals surface area contributed by atoms with Gasteiger partial charge in [-0.25, -0.2) is 9.78 Å². The Bertz CT molecular complexity index is 465. The maximum atomic E-state index is 11.3. The first-order valence-electron chi connectivity index (χ1n) is 7.18. The number of carbonyl (C=O) groups is 1. The van der Waals surface area contributed by atoms with Crippen molar-refractivity contribution in [3.63, 3.8) is 0 Å². The highest BCUT2D eigenvalue weighted by atomic mass is 32.1. The summed E-state index contributed by atoms with van der Waals surface area (Å²) in [4.78, 5) is 21.0. The minimum Gasteiger partial charge on any atom is -0.477 e. The zero-order valence-corrected chi connectivity index (χ0v) is 13.2. The first kappa shape index (κ1) is 15.4. The second-order valence-electron chi connectivity index (χ2n) is 5.49. The molecule has 1 N–H and O–H groups in total. The zero-order chi connectivity index (χ0) is 14.7. The molecule has 0 spiro atoms. The van der Waals surface area contributed by atoms with Gasteiger partial charge in [-0.05, 0) is 12.5 Å². The Labute approximate surface area is 124 Å². The molecule has 0 unspecified atom stereocenters. The van der Waals surface area contributed by atoms with Gasteiger partial charge < -0.3 is 10.0 Å². The van der Waals surface area contributed by atoms with E-state index in [4.69, 9.17) is 0 Å². The molecule has 1 aromatic heterocycles. The number of nitrogens with zero attached hydrogens (tertiary/aromatic N) is 3. The maximum absolute atomic E-state index is 11.3. The summed E-state index contributed by atoms with van der Waals surface area (Å²) in [5, 5.41) is 10.2. The monoisotopic (exact) mass is 297 g/mol. The lowest BCUT2D eigenvalue weighted by atomic mass is 10.1. The highest BCUT2D eigenvalue weighted by molar-refractivity contribution is 7.13. The van der Waals surface area contributed by atoms with Gasteiger partial charge in [-0.2, -0.15) is 0 Å². The Hall–Kier alpha value is -0.980. The molecule has 0 amide bonds. The minimum atomic E-state index is -0.853. The van der Waals surface area contributed by atoms with E-state index in [1.54, 1.807) is 0 Å². The summed E-state index contributed by atoms with van der Waals surface area (Å²) in [6, 6.07) is 0. The van der Waals surface area contributed by atoms with Crippen LogP contribution in [0.15, 0.2) is 0 Å². The third-order valence-corrected chi connectivity index (χ3v) is 4.75. The fourth-order valence-corrected chi connectivity index (χ4v) is 3.55. The second-order valence-corrected chi connectivity index (χ2v) is 6.58. The van der Waals surface area contributed by atoms with Crippen LogP contribution in [0.25, 0.3) is 0 Å². The van der Waals surface area contributed by atoms with E-state index in [0.717, 1.165) is 50.0 Å². The molecular weight excluding hydrogens is 274 g/mol. The number of rotatable bonds is 5. The van der Waals surface area contributed by atoms with Gasteiger partial charge in [0, 0.05) is 26.2 Å². The fraction of sp³-hybridized carbons (Fsp3) is 0.714. The molecule has 0 saturated carbocycles. The Morgan fingerprint density at radius 2 is 1.90 bits per heavy atom. The van der Waals surface area contributed by atoms with Gasteiger partial charge in [-0.1, -0.05) is 20.8 Å². The summed E-state index contributed by atoms with van der Waals surface area (Å²) >= 11 is 1.33. The quantitative estimate of drug-likeness (QED) is 0.902. The normalized spacial score (nSPS) is 17.8. The van der Waals surface area contributed by atoms with E-state index in [9.17, 15) is 9.90 Å². The number of hydrogen-bond acceptors (Lipinski definition) is 5. The number of carboxylic acids is 1. The van der Waals surface area contributed by atoms with Crippen LogP contribution in [-0.4, -0.2) is 58.6 Å². The van der Waals surface area contributed by atoms with E-state index >= 15 is 0 Å². The topological polar surface area (TPSA) is 56.7 Å². The molecule has 1 aromatic rings. The van der Waals surface area contributed by atoms with Gasteiger partial charge in [0.15, 0.2) is 0 Å². The molecule has 0 aromatic carbocycles. The molecule has 5 nitrogen and oxygen atoms in total. The molecule has 2 rings (SSSR count). The van der Waals surface area contributed by atoms with Gasteiger partial charge in [-0.3, -0.25) is 4.90 Å². The molecule has 2 heterocycles. The lowest BCUT2D eigenvalue weighted by molar-refractivity contribution is 0.0700. The summed E-state index contributed by atoms with van der Waals surface area (Å²) in [5.74, 6) is -0.698. The van der Waals surface area contributed by atoms with Crippen molar-refractivity contribution in [1.29, 1.82) is 0 Å². The Morgan fingerprint density at radius 3 is 2.35 bits per heavy atom. The van der Waals surface area contributed by atoms with E-state index in [1.165, 1.54) is 11.3 Å². The highest BCUT2D eigenvalue weighted by Crippen LogP contribution is 2.26. The predicted molar refractivity (Wildman–Crippen MR) is 80.6 cm³/mol. The number of likely N-dealkylation sites (N-methyl/N-ethyl adjacent to an activating group) is 1. The molecule has 1 saturated heterocycles. The van der Waals surface area contributed by atoms with Gasteiger partial charge in [0.05, 0.1) is 12.2 Å². The largest absolute Gasteiger partial charge is 0.477 e. The van der Waals surface area contributed by atoms with Crippen LogP contribution in [0.1, 0.15) is 47.1 Å². The van der Waals surface area contributed by atoms with Crippen molar-refractivity contribution in [2.45, 2.75) is 33.2 Å². The van der Waals surface area contributed by atoms with Crippen LogP contribution >= 0.6 is 11.3 Å². The molecule has 1 aliphatic heterocycles. The molecular formula is C14H23N3O2S. The van der Waals surface area contributed by atoms with Crippen LogP contribution in [0.4, 0.5) is 0 Å². The molecule has 0 bridgehead atoms. The zero-order valence-electron chi connectivity index (χ0n) is 12.4. The Morgan fingerprint density at radius 1 is 1.30 bits per heavy atom. The van der Waals surface area contributed by atoms with Crippen molar-refractivity contribution in [3.05, 3.63) is 15.6 Å². The van der Waals surface area contributed by atoms with Crippen LogP contribution in [0.5, 0.6) is 0 Å². The van der Waals surface area contributed by atoms with Crippen LogP contribution in [0.3, 0.4) is 0 Å². The van der Waals surface area contributed by atoms with Crippen molar-refractivity contribution in [1.82, 2.24) is 14.8 Å². The molecule has 1 aliphatic rings. The molecule has 112 valence electrons. The number of carboxylic acid groups (broad SMARTS) is 1. The third kappa shape index (κ3) is 3.56. The SMILES string of the molecule is CCN1CCN(Cc2nc(C(C)C)c(C(=O)O)s2)CC1.